The summed E-state index contributed by atoms with van der Waals surface area (Å²) < 4.78 is 2.07. The zero-order valence-corrected chi connectivity index (χ0v) is 16.7. The van der Waals surface area contributed by atoms with E-state index in [4.69, 9.17) is 4.84 Å². The molecule has 0 fully saturated rings. The molecular formula is C22H15N3O4S. The molecule has 0 unspecified atom stereocenters. The van der Waals surface area contributed by atoms with Crippen molar-refractivity contribution in [3.05, 3.63) is 87.4 Å². The average Bonchev–Trinajstić information content (AvgIpc) is 3.43. The number of thiophene rings is 1. The summed E-state index contributed by atoms with van der Waals surface area (Å²) >= 11 is 1.64. The summed E-state index contributed by atoms with van der Waals surface area (Å²) in [6.45, 7) is 2.59. The summed E-state index contributed by atoms with van der Waals surface area (Å²) in [5, 5.41) is 4.62. The van der Waals surface area contributed by atoms with Crippen LogP contribution in [0.4, 0.5) is 0 Å². The fraction of sp³-hybridized carbons (Fsp3) is 0.0909. The summed E-state index contributed by atoms with van der Waals surface area (Å²) in [5.74, 6) is -1.28. The average molecular weight is 417 g/mol. The van der Waals surface area contributed by atoms with Gasteiger partial charge in [-0.1, -0.05) is 17.2 Å². The molecule has 3 heterocycles. The lowest BCUT2D eigenvalue weighted by Gasteiger charge is -2.12. The molecule has 0 N–H and O–H groups in total. The SMILES string of the molecule is Cc1nc2cc(C(=O)ON3C(=O)c4ccccc4C3=O)ccc2n1Cc1ccsc1. The number of rotatable bonds is 4. The number of imidazole rings is 1. The Kier molecular flexibility index (Phi) is 4.22. The van der Waals surface area contributed by atoms with Gasteiger partial charge in [-0.25, -0.2) is 9.78 Å². The maximum atomic E-state index is 12.6. The highest BCUT2D eigenvalue weighted by Crippen LogP contribution is 2.25. The van der Waals surface area contributed by atoms with Gasteiger partial charge in [-0.3, -0.25) is 9.59 Å². The monoisotopic (exact) mass is 417 g/mol. The molecule has 0 atom stereocenters. The predicted molar refractivity (Wildman–Crippen MR) is 110 cm³/mol. The van der Waals surface area contributed by atoms with Crippen molar-refractivity contribution >= 4 is 40.2 Å². The second kappa shape index (κ2) is 6.93. The van der Waals surface area contributed by atoms with Crippen molar-refractivity contribution in [1.82, 2.24) is 14.6 Å². The van der Waals surface area contributed by atoms with Gasteiger partial charge in [0, 0.05) is 0 Å². The Hall–Kier alpha value is -3.78. The number of carbonyl (C=O) groups excluding carboxylic acids is 3. The smallest absolute Gasteiger partial charge is 0.324 e. The zero-order chi connectivity index (χ0) is 20.8. The molecule has 2 amide bonds. The van der Waals surface area contributed by atoms with Gasteiger partial charge in [-0.15, -0.1) is 0 Å². The van der Waals surface area contributed by atoms with Gasteiger partial charge in [0.25, 0.3) is 11.8 Å². The quantitative estimate of drug-likeness (QED) is 0.472. The number of benzene rings is 2. The van der Waals surface area contributed by atoms with Crippen LogP contribution in [-0.2, 0) is 11.4 Å². The number of aryl methyl sites for hydroxylation is 1. The number of hydrogen-bond donors (Lipinski definition) is 0. The summed E-state index contributed by atoms with van der Waals surface area (Å²) in [6.07, 6.45) is 0. The van der Waals surface area contributed by atoms with Crippen LogP contribution in [0.15, 0.2) is 59.3 Å². The fourth-order valence-corrected chi connectivity index (χ4v) is 4.19. The second-order valence-electron chi connectivity index (χ2n) is 6.91. The molecule has 4 aromatic rings. The first-order valence-corrected chi connectivity index (χ1v) is 10.2. The first-order chi connectivity index (χ1) is 14.5. The van der Waals surface area contributed by atoms with Gasteiger partial charge in [-0.05, 0) is 59.6 Å². The molecule has 7 nitrogen and oxygen atoms in total. The molecule has 2 aromatic heterocycles. The van der Waals surface area contributed by atoms with E-state index in [1.54, 1.807) is 41.7 Å². The maximum absolute atomic E-state index is 12.6. The molecule has 0 spiro atoms. The Morgan fingerprint density at radius 2 is 1.80 bits per heavy atom. The van der Waals surface area contributed by atoms with Crippen molar-refractivity contribution in [3.8, 4) is 0 Å². The number of carbonyl (C=O) groups is 3. The fourth-order valence-electron chi connectivity index (χ4n) is 3.53. The van der Waals surface area contributed by atoms with E-state index in [0.717, 1.165) is 11.3 Å². The highest BCUT2D eigenvalue weighted by Gasteiger charge is 2.38. The van der Waals surface area contributed by atoms with Gasteiger partial charge in [-0.2, -0.15) is 11.3 Å². The molecule has 8 heteroatoms. The summed E-state index contributed by atoms with van der Waals surface area (Å²) in [6, 6.07) is 13.4. The van der Waals surface area contributed by atoms with E-state index in [1.807, 2.05) is 12.3 Å². The molecule has 0 saturated heterocycles. The van der Waals surface area contributed by atoms with E-state index in [2.05, 4.69) is 21.0 Å². The number of hydroxylamine groups is 2. The third kappa shape index (κ3) is 2.89. The summed E-state index contributed by atoms with van der Waals surface area (Å²) in [5.41, 5.74) is 3.34. The van der Waals surface area contributed by atoms with Crippen molar-refractivity contribution < 1.29 is 19.2 Å². The van der Waals surface area contributed by atoms with E-state index in [9.17, 15) is 14.4 Å². The molecule has 1 aliphatic heterocycles. The van der Waals surface area contributed by atoms with Crippen LogP contribution in [0, 0.1) is 6.92 Å². The molecule has 1 aliphatic rings. The van der Waals surface area contributed by atoms with E-state index in [-0.39, 0.29) is 16.7 Å². The van der Waals surface area contributed by atoms with Gasteiger partial charge < -0.3 is 9.40 Å². The lowest BCUT2D eigenvalue weighted by atomic mass is 10.1. The molecule has 2 aromatic carbocycles. The Morgan fingerprint density at radius 3 is 2.47 bits per heavy atom. The van der Waals surface area contributed by atoms with Crippen molar-refractivity contribution in [2.24, 2.45) is 0 Å². The molecule has 0 bridgehead atoms. The van der Waals surface area contributed by atoms with Crippen molar-refractivity contribution in [3.63, 3.8) is 0 Å². The molecule has 0 saturated carbocycles. The van der Waals surface area contributed by atoms with E-state index in [0.29, 0.717) is 17.1 Å². The molecule has 0 aliphatic carbocycles. The lowest BCUT2D eigenvalue weighted by Crippen LogP contribution is -2.32. The second-order valence-corrected chi connectivity index (χ2v) is 7.69. The molecule has 30 heavy (non-hydrogen) atoms. The molecular weight excluding hydrogens is 402 g/mol. The minimum Gasteiger partial charge on any atom is -0.324 e. The number of aromatic nitrogens is 2. The van der Waals surface area contributed by atoms with Gasteiger partial charge in [0.15, 0.2) is 0 Å². The van der Waals surface area contributed by atoms with Gasteiger partial charge >= 0.3 is 5.97 Å². The Labute approximate surface area is 175 Å². The van der Waals surface area contributed by atoms with E-state index >= 15 is 0 Å². The van der Waals surface area contributed by atoms with Crippen molar-refractivity contribution in [2.45, 2.75) is 13.5 Å². The van der Waals surface area contributed by atoms with Crippen LogP contribution in [0.25, 0.3) is 11.0 Å². The topological polar surface area (TPSA) is 81.5 Å². The minimum absolute atomic E-state index is 0.208. The number of hydrogen-bond acceptors (Lipinski definition) is 6. The van der Waals surface area contributed by atoms with Gasteiger partial charge in [0.1, 0.15) is 5.82 Å². The third-order valence-corrected chi connectivity index (χ3v) is 5.76. The highest BCUT2D eigenvalue weighted by atomic mass is 32.1. The molecule has 148 valence electrons. The molecule has 5 rings (SSSR count). The maximum Gasteiger partial charge on any atom is 0.364 e. The first-order valence-electron chi connectivity index (χ1n) is 9.21. The van der Waals surface area contributed by atoms with Crippen LogP contribution in [0.1, 0.15) is 42.5 Å². The Bertz CT molecular complexity index is 1290. The number of imide groups is 1. The Morgan fingerprint density at radius 1 is 1.07 bits per heavy atom. The van der Waals surface area contributed by atoms with Crippen LogP contribution < -0.4 is 0 Å². The number of nitrogens with zero attached hydrogens (tertiary/aromatic N) is 3. The standard InChI is InChI=1S/C22H15N3O4S/c1-13-23-18-10-15(6-7-19(18)24(13)11-14-8-9-30-12-14)22(28)29-25-20(26)16-4-2-3-5-17(16)21(25)27/h2-10,12H,11H2,1H3. The van der Waals surface area contributed by atoms with Crippen LogP contribution in [0.5, 0.6) is 0 Å². The van der Waals surface area contributed by atoms with Crippen LogP contribution in [-0.4, -0.2) is 32.4 Å². The summed E-state index contributed by atoms with van der Waals surface area (Å²) in [4.78, 5) is 47.1. The minimum atomic E-state index is -0.795. The van der Waals surface area contributed by atoms with Gasteiger partial charge in [0.2, 0.25) is 0 Å². The van der Waals surface area contributed by atoms with E-state index in [1.165, 1.54) is 17.7 Å². The zero-order valence-electron chi connectivity index (χ0n) is 15.9. The highest BCUT2D eigenvalue weighted by molar-refractivity contribution is 7.07. The summed E-state index contributed by atoms with van der Waals surface area (Å²) in [7, 11) is 0. The lowest BCUT2D eigenvalue weighted by molar-refractivity contribution is -0.0584. The van der Waals surface area contributed by atoms with Gasteiger partial charge in [0.05, 0.1) is 34.3 Å². The number of fused-ring (bicyclic) bond motifs is 2. The molecule has 0 radical (unpaired) electrons. The normalized spacial score (nSPS) is 13.2. The van der Waals surface area contributed by atoms with Crippen LogP contribution in [0.2, 0.25) is 0 Å². The first kappa shape index (κ1) is 18.3. The predicted octanol–water partition coefficient (Wildman–Crippen LogP) is 3.82. The van der Waals surface area contributed by atoms with Crippen molar-refractivity contribution in [1.29, 1.82) is 0 Å². The van der Waals surface area contributed by atoms with Crippen LogP contribution in [0.3, 0.4) is 0 Å². The third-order valence-electron chi connectivity index (χ3n) is 5.03. The van der Waals surface area contributed by atoms with E-state index < -0.39 is 17.8 Å². The Balaban J connectivity index is 1.41. The van der Waals surface area contributed by atoms with Crippen molar-refractivity contribution in [2.75, 3.05) is 0 Å². The van der Waals surface area contributed by atoms with Crippen LogP contribution >= 0.6 is 11.3 Å². The largest absolute Gasteiger partial charge is 0.364 e. The number of amides is 2.